The van der Waals surface area contributed by atoms with Crippen molar-refractivity contribution in [2.45, 2.75) is 26.3 Å². The van der Waals surface area contributed by atoms with E-state index in [1.165, 1.54) is 0 Å². The average Bonchev–Trinajstić information content (AvgIpc) is 2.48. The molecule has 20 heavy (non-hydrogen) atoms. The van der Waals surface area contributed by atoms with Crippen LogP contribution in [0.4, 0.5) is 5.69 Å². The van der Waals surface area contributed by atoms with Gasteiger partial charge in [0.1, 0.15) is 0 Å². The predicted octanol–water partition coefficient (Wildman–Crippen LogP) is 1.90. The number of nitrogens with zero attached hydrogens (tertiary/aromatic N) is 2. The number of rotatable bonds is 5. The number of ether oxygens (including phenoxy) is 1. The summed E-state index contributed by atoms with van der Waals surface area (Å²) in [5.74, 6) is 0.0326. The zero-order valence-electron chi connectivity index (χ0n) is 12.3. The number of pyridine rings is 1. The van der Waals surface area contributed by atoms with Crippen LogP contribution >= 0.6 is 0 Å². The largest absolute Gasteiger partial charge is 0.466 e. The molecule has 5 nitrogen and oxygen atoms in total. The second-order valence-electron chi connectivity index (χ2n) is 5.09. The van der Waals surface area contributed by atoms with E-state index < -0.39 is 0 Å². The quantitative estimate of drug-likeness (QED) is 0.833. The molecule has 2 rings (SSSR count). The molecule has 110 valence electrons. The highest BCUT2D eigenvalue weighted by atomic mass is 16.5. The standard InChI is InChI=1S/C15H23N3O2/c1-3-20-15(19)12-5-8-18(9-6-12)11-14-10-13(16-2)4-7-17-14/h4,7,10,12H,3,5-6,8-9,11H2,1-2H3,(H,16,17). The molecule has 1 fully saturated rings. The van der Waals surface area contributed by atoms with Gasteiger partial charge in [0, 0.05) is 25.5 Å². The Bertz CT molecular complexity index is 442. The molecular weight excluding hydrogens is 254 g/mol. The zero-order valence-corrected chi connectivity index (χ0v) is 12.3. The van der Waals surface area contributed by atoms with Gasteiger partial charge in [0.25, 0.3) is 0 Å². The van der Waals surface area contributed by atoms with E-state index in [1.807, 2.05) is 26.2 Å². The summed E-state index contributed by atoms with van der Waals surface area (Å²) in [4.78, 5) is 18.4. The first-order valence-electron chi connectivity index (χ1n) is 7.24. The van der Waals surface area contributed by atoms with Gasteiger partial charge in [-0.15, -0.1) is 0 Å². The molecule has 0 radical (unpaired) electrons. The summed E-state index contributed by atoms with van der Waals surface area (Å²) < 4.78 is 5.09. The van der Waals surface area contributed by atoms with E-state index in [2.05, 4.69) is 21.3 Å². The molecule has 0 saturated carbocycles. The number of aromatic nitrogens is 1. The Kier molecular flexibility index (Phi) is 5.35. The van der Waals surface area contributed by atoms with Crippen LogP contribution in [0.2, 0.25) is 0 Å². The number of anilines is 1. The van der Waals surface area contributed by atoms with E-state index >= 15 is 0 Å². The maximum Gasteiger partial charge on any atom is 0.309 e. The van der Waals surface area contributed by atoms with Gasteiger partial charge in [-0.05, 0) is 45.0 Å². The number of hydrogen-bond donors (Lipinski definition) is 1. The fourth-order valence-corrected chi connectivity index (χ4v) is 2.54. The fourth-order valence-electron chi connectivity index (χ4n) is 2.54. The van der Waals surface area contributed by atoms with Gasteiger partial charge in [0.15, 0.2) is 0 Å². The maximum atomic E-state index is 11.7. The molecule has 0 aliphatic carbocycles. The number of carbonyl (C=O) groups excluding carboxylic acids is 1. The molecule has 0 amide bonds. The third-order valence-corrected chi connectivity index (χ3v) is 3.70. The molecule has 1 aromatic rings. The second kappa shape index (κ2) is 7.24. The molecule has 0 aromatic carbocycles. The molecule has 1 aliphatic rings. The van der Waals surface area contributed by atoms with Crippen molar-refractivity contribution in [3.8, 4) is 0 Å². The lowest BCUT2D eigenvalue weighted by atomic mass is 9.97. The molecule has 1 aromatic heterocycles. The lowest BCUT2D eigenvalue weighted by molar-refractivity contribution is -0.149. The minimum Gasteiger partial charge on any atom is -0.466 e. The topological polar surface area (TPSA) is 54.5 Å². The SMILES string of the molecule is CCOC(=O)C1CCN(Cc2cc(NC)ccn2)CC1. The minimum atomic E-state index is -0.0394. The van der Waals surface area contributed by atoms with Crippen LogP contribution in [0.25, 0.3) is 0 Å². The highest BCUT2D eigenvalue weighted by Gasteiger charge is 2.25. The fraction of sp³-hybridized carbons (Fsp3) is 0.600. The lowest BCUT2D eigenvalue weighted by Gasteiger charge is -2.30. The van der Waals surface area contributed by atoms with Crippen LogP contribution in [0, 0.1) is 5.92 Å². The Hall–Kier alpha value is -1.62. The molecule has 1 aliphatic heterocycles. The number of nitrogens with one attached hydrogen (secondary N) is 1. The van der Waals surface area contributed by atoms with E-state index in [4.69, 9.17) is 4.74 Å². The smallest absolute Gasteiger partial charge is 0.309 e. The van der Waals surface area contributed by atoms with Crippen LogP contribution in [0.1, 0.15) is 25.5 Å². The normalized spacial score (nSPS) is 16.9. The zero-order chi connectivity index (χ0) is 14.4. The highest BCUT2D eigenvalue weighted by Crippen LogP contribution is 2.20. The van der Waals surface area contributed by atoms with Crippen LogP contribution < -0.4 is 5.32 Å². The Morgan fingerprint density at radius 2 is 2.25 bits per heavy atom. The third-order valence-electron chi connectivity index (χ3n) is 3.70. The number of carbonyl (C=O) groups is 1. The second-order valence-corrected chi connectivity index (χ2v) is 5.09. The summed E-state index contributed by atoms with van der Waals surface area (Å²) in [5, 5.41) is 3.12. The number of likely N-dealkylation sites (tertiary alicyclic amines) is 1. The first-order valence-corrected chi connectivity index (χ1v) is 7.24. The molecule has 2 heterocycles. The minimum absolute atomic E-state index is 0.0394. The Balaban J connectivity index is 1.83. The molecule has 0 unspecified atom stereocenters. The van der Waals surface area contributed by atoms with Crippen LogP contribution in [-0.4, -0.2) is 42.6 Å². The van der Waals surface area contributed by atoms with Crippen molar-refractivity contribution in [2.75, 3.05) is 32.1 Å². The highest BCUT2D eigenvalue weighted by molar-refractivity contribution is 5.72. The van der Waals surface area contributed by atoms with Crippen LogP contribution in [0.3, 0.4) is 0 Å². The van der Waals surface area contributed by atoms with Gasteiger partial charge in [-0.1, -0.05) is 0 Å². The Morgan fingerprint density at radius 1 is 1.50 bits per heavy atom. The van der Waals surface area contributed by atoms with Crippen molar-refractivity contribution in [1.82, 2.24) is 9.88 Å². The molecule has 1 N–H and O–H groups in total. The van der Waals surface area contributed by atoms with Crippen molar-refractivity contribution in [3.05, 3.63) is 24.0 Å². The van der Waals surface area contributed by atoms with Crippen molar-refractivity contribution < 1.29 is 9.53 Å². The number of hydrogen-bond acceptors (Lipinski definition) is 5. The van der Waals surface area contributed by atoms with Gasteiger partial charge in [-0.3, -0.25) is 14.7 Å². The monoisotopic (exact) mass is 277 g/mol. The van der Waals surface area contributed by atoms with Crippen molar-refractivity contribution in [1.29, 1.82) is 0 Å². The molecule has 0 spiro atoms. The van der Waals surface area contributed by atoms with Crippen LogP contribution in [0.15, 0.2) is 18.3 Å². The van der Waals surface area contributed by atoms with E-state index in [0.717, 1.165) is 43.9 Å². The third kappa shape index (κ3) is 3.93. The predicted molar refractivity (Wildman–Crippen MR) is 78.4 cm³/mol. The molecule has 1 saturated heterocycles. The van der Waals surface area contributed by atoms with Gasteiger partial charge >= 0.3 is 5.97 Å². The summed E-state index contributed by atoms with van der Waals surface area (Å²) in [6.07, 6.45) is 3.58. The van der Waals surface area contributed by atoms with Crippen molar-refractivity contribution >= 4 is 11.7 Å². The van der Waals surface area contributed by atoms with Gasteiger partial charge in [0.2, 0.25) is 0 Å². The van der Waals surface area contributed by atoms with Gasteiger partial charge in [0.05, 0.1) is 18.2 Å². The van der Waals surface area contributed by atoms with Gasteiger partial charge < -0.3 is 10.1 Å². The summed E-state index contributed by atoms with van der Waals surface area (Å²) >= 11 is 0. The molecular formula is C15H23N3O2. The summed E-state index contributed by atoms with van der Waals surface area (Å²) in [6.45, 7) is 5.02. The number of piperidine rings is 1. The van der Waals surface area contributed by atoms with E-state index in [9.17, 15) is 4.79 Å². The maximum absolute atomic E-state index is 11.7. The van der Waals surface area contributed by atoms with E-state index in [-0.39, 0.29) is 11.9 Å². The Morgan fingerprint density at radius 3 is 2.90 bits per heavy atom. The van der Waals surface area contributed by atoms with Gasteiger partial charge in [-0.25, -0.2) is 0 Å². The van der Waals surface area contributed by atoms with Crippen LogP contribution in [0.5, 0.6) is 0 Å². The van der Waals surface area contributed by atoms with Crippen LogP contribution in [-0.2, 0) is 16.1 Å². The number of esters is 1. The average molecular weight is 277 g/mol. The summed E-state index contributed by atoms with van der Waals surface area (Å²) in [6, 6.07) is 4.02. The first kappa shape index (κ1) is 14.8. The first-order chi connectivity index (χ1) is 9.72. The van der Waals surface area contributed by atoms with Gasteiger partial charge in [-0.2, -0.15) is 0 Å². The van der Waals surface area contributed by atoms with Crippen molar-refractivity contribution in [3.63, 3.8) is 0 Å². The van der Waals surface area contributed by atoms with E-state index in [0.29, 0.717) is 6.61 Å². The summed E-state index contributed by atoms with van der Waals surface area (Å²) in [5.41, 5.74) is 2.14. The molecule has 5 heteroatoms. The molecule has 0 atom stereocenters. The van der Waals surface area contributed by atoms with Crippen molar-refractivity contribution in [2.24, 2.45) is 5.92 Å². The van der Waals surface area contributed by atoms with E-state index in [1.54, 1.807) is 0 Å². The Labute approximate surface area is 120 Å². The molecule has 0 bridgehead atoms. The summed E-state index contributed by atoms with van der Waals surface area (Å²) in [7, 11) is 1.91. The lowest BCUT2D eigenvalue weighted by Crippen LogP contribution is -2.36.